The number of hydrogen-bond acceptors (Lipinski definition) is 8. The summed E-state index contributed by atoms with van der Waals surface area (Å²) in [6.45, 7) is 10.7. The Balaban J connectivity index is 1.65. The summed E-state index contributed by atoms with van der Waals surface area (Å²) in [5.41, 5.74) is 0.0531. The van der Waals surface area contributed by atoms with E-state index in [4.69, 9.17) is 9.47 Å². The molecule has 8 heteroatoms. The standard InChI is InChI=1S/C28H37NO6S/c1-15-8-7-11-28(6)23(35-28)13-20(18-9-10-21-19(12-18)29-17(3)36-21)34-24(31)14-22(30)27(4,5)26(33)16(2)25(15)32/h7-10,12,15-16,20,22-23,25,30,32H,11,13-14H2,1-6H3/t15-,16+,20-,22-,23?,25-,28?/m0/s1. The predicted octanol–water partition coefficient (Wildman–Crippen LogP) is 4.68. The molecule has 0 aliphatic carbocycles. The second-order valence-corrected chi connectivity index (χ2v) is 12.4. The summed E-state index contributed by atoms with van der Waals surface area (Å²) in [5.74, 6) is -1.84. The largest absolute Gasteiger partial charge is 0.457 e. The summed E-state index contributed by atoms with van der Waals surface area (Å²) in [5, 5.41) is 22.7. The number of nitrogens with zero attached hydrogens (tertiary/aromatic N) is 1. The minimum atomic E-state index is -1.25. The van der Waals surface area contributed by atoms with Gasteiger partial charge in [-0.3, -0.25) is 9.59 Å². The van der Waals surface area contributed by atoms with E-state index in [1.54, 1.807) is 32.1 Å². The normalized spacial score (nSPS) is 35.9. The van der Waals surface area contributed by atoms with Gasteiger partial charge in [-0.25, -0.2) is 4.98 Å². The van der Waals surface area contributed by atoms with Gasteiger partial charge >= 0.3 is 5.97 Å². The summed E-state index contributed by atoms with van der Waals surface area (Å²) in [7, 11) is 0. The molecule has 0 radical (unpaired) electrons. The Morgan fingerprint density at radius 1 is 1.14 bits per heavy atom. The van der Waals surface area contributed by atoms with E-state index in [0.717, 1.165) is 20.8 Å². The van der Waals surface area contributed by atoms with E-state index in [0.29, 0.717) is 12.8 Å². The number of ether oxygens (including phenoxy) is 2. The third-order valence-corrected chi connectivity index (χ3v) is 8.83. The van der Waals surface area contributed by atoms with E-state index in [2.05, 4.69) is 4.98 Å². The number of epoxide rings is 1. The Kier molecular flexibility index (Phi) is 7.45. The lowest BCUT2D eigenvalue weighted by molar-refractivity contribution is -0.156. The van der Waals surface area contributed by atoms with Gasteiger partial charge in [0.05, 0.1) is 51.0 Å². The van der Waals surface area contributed by atoms with Gasteiger partial charge in [-0.15, -0.1) is 11.3 Å². The summed E-state index contributed by atoms with van der Waals surface area (Å²) >= 11 is 1.61. The van der Waals surface area contributed by atoms with E-state index in [1.165, 1.54) is 0 Å². The van der Waals surface area contributed by atoms with Gasteiger partial charge in [0.25, 0.3) is 0 Å². The number of carbonyl (C=O) groups excluding carboxylic acids is 2. The van der Waals surface area contributed by atoms with Crippen molar-refractivity contribution in [1.29, 1.82) is 0 Å². The number of esters is 1. The van der Waals surface area contributed by atoms with Crippen LogP contribution in [0.25, 0.3) is 10.2 Å². The maximum atomic E-state index is 13.2. The highest BCUT2D eigenvalue weighted by Gasteiger charge is 2.52. The molecule has 7 nitrogen and oxygen atoms in total. The van der Waals surface area contributed by atoms with Crippen molar-refractivity contribution in [1.82, 2.24) is 4.98 Å². The van der Waals surface area contributed by atoms with Gasteiger partial charge in [0.1, 0.15) is 11.9 Å². The summed E-state index contributed by atoms with van der Waals surface area (Å²) in [6.07, 6.45) is 1.86. The number of aromatic nitrogens is 1. The molecular formula is C28H37NO6S. The number of fused-ring (bicyclic) bond motifs is 2. The highest BCUT2D eigenvalue weighted by Crippen LogP contribution is 2.46. The zero-order valence-corrected chi connectivity index (χ0v) is 22.7. The van der Waals surface area contributed by atoms with Crippen LogP contribution in [0.2, 0.25) is 0 Å². The Morgan fingerprint density at radius 3 is 2.58 bits per heavy atom. The van der Waals surface area contributed by atoms with Crippen LogP contribution in [0, 0.1) is 24.2 Å². The number of cyclic esters (lactones) is 1. The molecule has 0 bridgehead atoms. The van der Waals surface area contributed by atoms with Crippen molar-refractivity contribution in [2.75, 3.05) is 0 Å². The second-order valence-electron chi connectivity index (χ2n) is 11.2. The van der Waals surface area contributed by atoms with Crippen LogP contribution in [0.4, 0.5) is 0 Å². The van der Waals surface area contributed by atoms with Crippen molar-refractivity contribution in [3.05, 3.63) is 40.9 Å². The number of benzene rings is 1. The molecule has 0 saturated carbocycles. The van der Waals surface area contributed by atoms with E-state index in [-0.39, 0.29) is 24.2 Å². The molecule has 2 unspecified atom stereocenters. The molecule has 36 heavy (non-hydrogen) atoms. The maximum Gasteiger partial charge on any atom is 0.309 e. The van der Waals surface area contributed by atoms with Gasteiger partial charge in [0.2, 0.25) is 0 Å². The lowest BCUT2D eigenvalue weighted by Crippen LogP contribution is -2.45. The zero-order valence-electron chi connectivity index (χ0n) is 21.9. The molecular weight excluding hydrogens is 478 g/mol. The smallest absolute Gasteiger partial charge is 0.309 e. The van der Waals surface area contributed by atoms with Gasteiger partial charge in [-0.2, -0.15) is 0 Å². The van der Waals surface area contributed by atoms with Crippen LogP contribution in [-0.2, 0) is 19.1 Å². The first kappa shape index (κ1) is 26.9. The number of aryl methyl sites for hydroxylation is 1. The van der Waals surface area contributed by atoms with Gasteiger partial charge < -0.3 is 19.7 Å². The molecule has 2 aromatic rings. The van der Waals surface area contributed by atoms with E-state index >= 15 is 0 Å². The van der Waals surface area contributed by atoms with E-state index in [1.807, 2.05) is 51.1 Å². The fourth-order valence-corrected chi connectivity index (χ4v) is 5.89. The topological polar surface area (TPSA) is 109 Å². The number of Topliss-reactive ketones (excluding diaryl/α,β-unsaturated/α-hetero) is 1. The molecule has 2 aliphatic rings. The van der Waals surface area contributed by atoms with Crippen LogP contribution in [-0.4, -0.2) is 50.9 Å². The number of rotatable bonds is 1. The lowest BCUT2D eigenvalue weighted by atomic mass is 9.73. The predicted molar refractivity (Wildman–Crippen MR) is 139 cm³/mol. The molecule has 2 N–H and O–H groups in total. The van der Waals surface area contributed by atoms with Crippen LogP contribution in [0.15, 0.2) is 30.4 Å². The molecule has 0 amide bonds. The number of aliphatic hydroxyl groups excluding tert-OH is 2. The average Bonchev–Trinajstić information content (AvgIpc) is 3.28. The molecule has 4 rings (SSSR count). The number of thiazole rings is 1. The first-order chi connectivity index (χ1) is 16.8. The fraction of sp³-hybridized carbons (Fsp3) is 0.607. The Labute approximate surface area is 216 Å². The van der Waals surface area contributed by atoms with Crippen molar-refractivity contribution in [2.24, 2.45) is 17.3 Å². The van der Waals surface area contributed by atoms with E-state index in [9.17, 15) is 19.8 Å². The summed E-state index contributed by atoms with van der Waals surface area (Å²) in [6, 6.07) is 5.89. The van der Waals surface area contributed by atoms with Crippen molar-refractivity contribution in [2.45, 2.75) is 90.8 Å². The average molecular weight is 516 g/mol. The first-order valence-electron chi connectivity index (χ1n) is 12.6. The third kappa shape index (κ3) is 5.42. The van der Waals surface area contributed by atoms with Crippen LogP contribution in [0.1, 0.15) is 70.6 Å². The maximum absolute atomic E-state index is 13.2. The molecule has 3 heterocycles. The van der Waals surface area contributed by atoms with Crippen LogP contribution < -0.4 is 0 Å². The van der Waals surface area contributed by atoms with Gasteiger partial charge in [0, 0.05) is 18.3 Å². The van der Waals surface area contributed by atoms with Gasteiger partial charge in [-0.1, -0.05) is 45.9 Å². The molecule has 1 aromatic heterocycles. The number of aliphatic hydroxyl groups is 2. The summed E-state index contributed by atoms with van der Waals surface area (Å²) < 4.78 is 13.0. The fourth-order valence-electron chi connectivity index (χ4n) is 5.09. The summed E-state index contributed by atoms with van der Waals surface area (Å²) in [4.78, 5) is 30.8. The Bertz CT molecular complexity index is 1170. The Hall–Kier alpha value is -2.13. The van der Waals surface area contributed by atoms with Crippen molar-refractivity contribution in [3.63, 3.8) is 0 Å². The zero-order chi connectivity index (χ0) is 26.4. The van der Waals surface area contributed by atoms with Crippen LogP contribution in [0.3, 0.4) is 0 Å². The molecule has 1 fully saturated rings. The SMILES string of the molecule is Cc1nc2cc([C@@H]3CC4OC4(C)CC=C[C@H](C)[C@H](O)[C@@H](C)C(=O)C(C)(C)[C@@H](O)CC(=O)O3)ccc2s1. The van der Waals surface area contributed by atoms with Gasteiger partial charge in [0.15, 0.2) is 0 Å². The first-order valence-corrected chi connectivity index (χ1v) is 13.4. The van der Waals surface area contributed by atoms with Crippen molar-refractivity contribution in [3.8, 4) is 0 Å². The molecule has 2 aliphatic heterocycles. The number of ketones is 1. The molecule has 196 valence electrons. The number of hydrogen-bond donors (Lipinski definition) is 2. The molecule has 1 saturated heterocycles. The van der Waals surface area contributed by atoms with E-state index < -0.39 is 41.2 Å². The second kappa shape index (κ2) is 9.97. The lowest BCUT2D eigenvalue weighted by Gasteiger charge is -2.34. The monoisotopic (exact) mass is 515 g/mol. The van der Waals surface area contributed by atoms with Gasteiger partial charge in [-0.05, 0) is 38.0 Å². The highest BCUT2D eigenvalue weighted by molar-refractivity contribution is 7.18. The van der Waals surface area contributed by atoms with Crippen molar-refractivity contribution < 1.29 is 29.3 Å². The third-order valence-electron chi connectivity index (χ3n) is 7.88. The Morgan fingerprint density at radius 2 is 1.86 bits per heavy atom. The highest BCUT2D eigenvalue weighted by atomic mass is 32.1. The quantitative estimate of drug-likeness (QED) is 0.322. The van der Waals surface area contributed by atoms with Crippen molar-refractivity contribution >= 4 is 33.3 Å². The van der Waals surface area contributed by atoms with Crippen LogP contribution in [0.5, 0.6) is 0 Å². The van der Waals surface area contributed by atoms with Crippen LogP contribution >= 0.6 is 11.3 Å². The minimum absolute atomic E-state index is 0.109. The number of carbonyl (C=O) groups is 2. The molecule has 7 atom stereocenters. The minimum Gasteiger partial charge on any atom is -0.457 e. The molecule has 1 aromatic carbocycles. The molecule has 0 spiro atoms.